The molecule has 0 saturated carbocycles. The quantitative estimate of drug-likeness (QED) is 0.795. The lowest BCUT2D eigenvalue weighted by atomic mass is 10.2. The van der Waals surface area contributed by atoms with Crippen molar-refractivity contribution in [3.05, 3.63) is 24.5 Å². The zero-order valence-electron chi connectivity index (χ0n) is 10.3. The maximum Gasteiger partial charge on any atom is 0.306 e. The Hall–Kier alpha value is -2.35. The molecule has 8 heteroatoms. The molecule has 0 fully saturated rings. The van der Waals surface area contributed by atoms with Gasteiger partial charge in [-0.2, -0.15) is 0 Å². The monoisotopic (exact) mass is 263 g/mol. The van der Waals surface area contributed by atoms with Gasteiger partial charge in [0.25, 0.3) is 0 Å². The molecule has 0 aromatic carbocycles. The molecule has 2 aromatic heterocycles. The molecule has 0 spiro atoms. The molecule has 1 atom stereocenters. The fourth-order valence-corrected chi connectivity index (χ4v) is 1.64. The third-order valence-corrected chi connectivity index (χ3v) is 2.56. The number of tetrazole rings is 1. The smallest absolute Gasteiger partial charge is 0.306 e. The fraction of sp³-hybridized carbons (Fsp3) is 0.364. The number of pyridine rings is 1. The van der Waals surface area contributed by atoms with Gasteiger partial charge in [-0.15, -0.1) is 5.10 Å². The summed E-state index contributed by atoms with van der Waals surface area (Å²) < 4.78 is 6.62. The number of hydrogen-bond acceptors (Lipinski definition) is 6. The number of methoxy groups -OCH3 is 1. The van der Waals surface area contributed by atoms with Crippen LogP contribution in [0.15, 0.2) is 24.5 Å². The molecule has 1 N–H and O–H groups in total. The van der Waals surface area contributed by atoms with E-state index in [2.05, 4.69) is 20.5 Å². The van der Waals surface area contributed by atoms with E-state index in [0.717, 1.165) is 5.56 Å². The van der Waals surface area contributed by atoms with E-state index in [1.807, 2.05) is 6.07 Å². The van der Waals surface area contributed by atoms with E-state index < -0.39 is 12.1 Å². The minimum absolute atomic E-state index is 0.108. The molecule has 8 nitrogen and oxygen atoms in total. The van der Waals surface area contributed by atoms with Crippen LogP contribution in [-0.4, -0.2) is 49.5 Å². The van der Waals surface area contributed by atoms with Gasteiger partial charge < -0.3 is 9.84 Å². The van der Waals surface area contributed by atoms with E-state index >= 15 is 0 Å². The first-order valence-electron chi connectivity index (χ1n) is 5.62. The molecular formula is C11H13N5O3. The second kappa shape index (κ2) is 6.01. The first-order valence-corrected chi connectivity index (χ1v) is 5.62. The van der Waals surface area contributed by atoms with Crippen LogP contribution < -0.4 is 0 Å². The SMILES string of the molecule is COC(CC(=O)O)Cn1nnnc1-c1cccnc1. The van der Waals surface area contributed by atoms with Crippen LogP contribution in [0.3, 0.4) is 0 Å². The fourth-order valence-electron chi connectivity index (χ4n) is 1.64. The lowest BCUT2D eigenvalue weighted by Gasteiger charge is -2.13. The van der Waals surface area contributed by atoms with Gasteiger partial charge in [-0.25, -0.2) is 4.68 Å². The summed E-state index contributed by atoms with van der Waals surface area (Å²) in [5.41, 5.74) is 0.762. The molecule has 1 unspecified atom stereocenters. The van der Waals surface area contributed by atoms with Gasteiger partial charge in [0.15, 0.2) is 5.82 Å². The number of carboxylic acid groups (broad SMARTS) is 1. The summed E-state index contributed by atoms with van der Waals surface area (Å²) >= 11 is 0. The number of carbonyl (C=O) groups is 1. The molecule has 0 aliphatic carbocycles. The predicted molar refractivity (Wildman–Crippen MR) is 64.1 cm³/mol. The van der Waals surface area contributed by atoms with Gasteiger partial charge in [-0.1, -0.05) is 0 Å². The zero-order valence-corrected chi connectivity index (χ0v) is 10.3. The normalized spacial score (nSPS) is 12.3. The number of aromatic nitrogens is 5. The zero-order chi connectivity index (χ0) is 13.7. The van der Waals surface area contributed by atoms with Gasteiger partial charge in [0.1, 0.15) is 0 Å². The van der Waals surface area contributed by atoms with E-state index in [-0.39, 0.29) is 13.0 Å². The Morgan fingerprint density at radius 1 is 1.58 bits per heavy atom. The molecule has 0 radical (unpaired) electrons. The standard InChI is InChI=1S/C11H13N5O3/c1-19-9(5-10(17)18)7-16-11(13-14-15-16)8-3-2-4-12-6-8/h2-4,6,9H,5,7H2,1H3,(H,17,18). The molecule has 2 heterocycles. The summed E-state index contributed by atoms with van der Waals surface area (Å²) in [6, 6.07) is 3.60. The van der Waals surface area contributed by atoms with Crippen molar-refractivity contribution in [2.45, 2.75) is 19.1 Å². The molecular weight excluding hydrogens is 250 g/mol. The molecule has 2 rings (SSSR count). The van der Waals surface area contributed by atoms with Crippen molar-refractivity contribution < 1.29 is 14.6 Å². The van der Waals surface area contributed by atoms with Gasteiger partial charge in [-0.05, 0) is 22.6 Å². The van der Waals surface area contributed by atoms with E-state index in [9.17, 15) is 4.79 Å². The highest BCUT2D eigenvalue weighted by Crippen LogP contribution is 2.14. The third kappa shape index (κ3) is 3.32. The number of carboxylic acids is 1. The Labute approximate surface area is 109 Å². The molecule has 0 aliphatic heterocycles. The lowest BCUT2D eigenvalue weighted by molar-refractivity contribution is -0.139. The molecule has 0 amide bonds. The van der Waals surface area contributed by atoms with E-state index in [1.165, 1.54) is 11.8 Å². The van der Waals surface area contributed by atoms with Crippen LogP contribution in [0.25, 0.3) is 11.4 Å². The highest BCUT2D eigenvalue weighted by atomic mass is 16.5. The Balaban J connectivity index is 2.18. The second-order valence-corrected chi connectivity index (χ2v) is 3.88. The largest absolute Gasteiger partial charge is 0.481 e. The van der Waals surface area contributed by atoms with Crippen molar-refractivity contribution in [1.82, 2.24) is 25.2 Å². The molecule has 0 saturated heterocycles. The van der Waals surface area contributed by atoms with Crippen molar-refractivity contribution in [1.29, 1.82) is 0 Å². The van der Waals surface area contributed by atoms with Crippen molar-refractivity contribution in [3.63, 3.8) is 0 Å². The van der Waals surface area contributed by atoms with Gasteiger partial charge in [0, 0.05) is 25.1 Å². The van der Waals surface area contributed by atoms with Crippen LogP contribution >= 0.6 is 0 Å². The van der Waals surface area contributed by atoms with Gasteiger partial charge >= 0.3 is 5.97 Å². The van der Waals surface area contributed by atoms with Crippen molar-refractivity contribution in [3.8, 4) is 11.4 Å². The average molecular weight is 263 g/mol. The van der Waals surface area contributed by atoms with Crippen LogP contribution in [0.4, 0.5) is 0 Å². The number of rotatable bonds is 6. The van der Waals surface area contributed by atoms with Crippen LogP contribution in [0.2, 0.25) is 0 Å². The summed E-state index contributed by atoms with van der Waals surface area (Å²) in [6.45, 7) is 0.264. The van der Waals surface area contributed by atoms with Gasteiger partial charge in [0.2, 0.25) is 0 Å². The van der Waals surface area contributed by atoms with Gasteiger partial charge in [-0.3, -0.25) is 9.78 Å². The first kappa shape index (κ1) is 13.1. The Morgan fingerprint density at radius 2 is 2.42 bits per heavy atom. The predicted octanol–water partition coefficient (Wildman–Crippen LogP) is 0.225. The Morgan fingerprint density at radius 3 is 3.05 bits per heavy atom. The van der Waals surface area contributed by atoms with Crippen molar-refractivity contribution in [2.75, 3.05) is 7.11 Å². The molecule has 0 bridgehead atoms. The van der Waals surface area contributed by atoms with Crippen LogP contribution in [0, 0.1) is 0 Å². The summed E-state index contributed by atoms with van der Waals surface area (Å²) in [6.07, 6.45) is 2.70. The maximum absolute atomic E-state index is 10.7. The molecule has 100 valence electrons. The third-order valence-electron chi connectivity index (χ3n) is 2.56. The molecule has 19 heavy (non-hydrogen) atoms. The molecule has 2 aromatic rings. The Kier molecular flexibility index (Phi) is 4.14. The van der Waals surface area contributed by atoms with Crippen LogP contribution in [0.5, 0.6) is 0 Å². The average Bonchev–Trinajstić information content (AvgIpc) is 2.86. The topological polar surface area (TPSA) is 103 Å². The van der Waals surface area contributed by atoms with Crippen LogP contribution in [-0.2, 0) is 16.1 Å². The van der Waals surface area contributed by atoms with E-state index in [4.69, 9.17) is 9.84 Å². The summed E-state index contributed by atoms with van der Waals surface area (Å²) in [5.74, 6) is -0.400. The highest BCUT2D eigenvalue weighted by molar-refractivity contribution is 5.67. The summed E-state index contributed by atoms with van der Waals surface area (Å²) in [4.78, 5) is 14.7. The minimum atomic E-state index is -0.928. The van der Waals surface area contributed by atoms with Gasteiger partial charge in [0.05, 0.1) is 19.1 Å². The first-order chi connectivity index (χ1) is 9.20. The summed E-state index contributed by atoms with van der Waals surface area (Å²) in [5, 5.41) is 20.1. The van der Waals surface area contributed by atoms with Crippen molar-refractivity contribution in [2.24, 2.45) is 0 Å². The Bertz CT molecular complexity index is 542. The van der Waals surface area contributed by atoms with Crippen molar-refractivity contribution >= 4 is 5.97 Å². The number of aliphatic carboxylic acids is 1. The number of hydrogen-bond donors (Lipinski definition) is 1. The van der Waals surface area contributed by atoms with Crippen LogP contribution in [0.1, 0.15) is 6.42 Å². The number of ether oxygens (including phenoxy) is 1. The van der Waals surface area contributed by atoms with E-state index in [1.54, 1.807) is 18.5 Å². The number of nitrogens with zero attached hydrogens (tertiary/aromatic N) is 5. The maximum atomic E-state index is 10.7. The lowest BCUT2D eigenvalue weighted by Crippen LogP contribution is -2.23. The molecule has 0 aliphatic rings. The highest BCUT2D eigenvalue weighted by Gasteiger charge is 2.17. The second-order valence-electron chi connectivity index (χ2n) is 3.88. The van der Waals surface area contributed by atoms with E-state index in [0.29, 0.717) is 5.82 Å². The summed E-state index contributed by atoms with van der Waals surface area (Å²) in [7, 11) is 1.46. The minimum Gasteiger partial charge on any atom is -0.481 e.